The van der Waals surface area contributed by atoms with Crippen LogP contribution in [0, 0.1) is 6.92 Å². The molecule has 1 atom stereocenters. The lowest BCUT2D eigenvalue weighted by Gasteiger charge is -2.08. The van der Waals surface area contributed by atoms with E-state index in [2.05, 4.69) is 9.97 Å². The van der Waals surface area contributed by atoms with Crippen LogP contribution in [0.4, 0.5) is 0 Å². The Balaban J connectivity index is 2.38. The van der Waals surface area contributed by atoms with Crippen LogP contribution < -0.4 is 0 Å². The molecule has 0 aliphatic heterocycles. The molecule has 2 aromatic heterocycles. The van der Waals surface area contributed by atoms with Gasteiger partial charge in [-0.15, -0.1) is 11.3 Å². The van der Waals surface area contributed by atoms with Crippen molar-refractivity contribution >= 4 is 11.3 Å². The van der Waals surface area contributed by atoms with Crippen molar-refractivity contribution in [3.8, 4) is 0 Å². The molecule has 74 valence electrons. The fourth-order valence-corrected chi connectivity index (χ4v) is 2.11. The molecule has 0 fully saturated rings. The Hall–Kier alpha value is -1.20. The second kappa shape index (κ2) is 3.51. The van der Waals surface area contributed by atoms with E-state index in [0.717, 1.165) is 10.6 Å². The van der Waals surface area contributed by atoms with E-state index in [4.69, 9.17) is 0 Å². The number of thiazole rings is 1. The molecule has 0 aliphatic rings. The van der Waals surface area contributed by atoms with Crippen LogP contribution in [0.15, 0.2) is 17.9 Å². The number of imidazole rings is 1. The summed E-state index contributed by atoms with van der Waals surface area (Å²) in [6, 6.07) is 0. The molecular formula is C9H11N3OS. The minimum absolute atomic E-state index is 0.650. The number of aryl methyl sites for hydroxylation is 2. The summed E-state index contributed by atoms with van der Waals surface area (Å²) in [5, 5.41) is 10.0. The molecule has 1 unspecified atom stereocenters. The van der Waals surface area contributed by atoms with Gasteiger partial charge in [-0.1, -0.05) is 0 Å². The molecule has 0 saturated carbocycles. The van der Waals surface area contributed by atoms with E-state index in [9.17, 15) is 5.11 Å². The number of nitrogens with zero attached hydrogens (tertiary/aromatic N) is 3. The average molecular weight is 209 g/mol. The Kier molecular flexibility index (Phi) is 2.35. The maximum absolute atomic E-state index is 10.0. The van der Waals surface area contributed by atoms with E-state index in [1.54, 1.807) is 11.7 Å². The van der Waals surface area contributed by atoms with Gasteiger partial charge in [0, 0.05) is 19.4 Å². The van der Waals surface area contributed by atoms with Gasteiger partial charge in [-0.05, 0) is 6.92 Å². The zero-order valence-electron chi connectivity index (χ0n) is 8.01. The third-order valence-corrected chi connectivity index (χ3v) is 3.12. The Labute approximate surface area is 85.9 Å². The molecule has 5 heteroatoms. The number of hydrogen-bond acceptors (Lipinski definition) is 4. The monoisotopic (exact) mass is 209 g/mol. The normalized spacial score (nSPS) is 13.1. The van der Waals surface area contributed by atoms with Crippen LogP contribution in [0.1, 0.15) is 22.5 Å². The molecule has 0 aliphatic carbocycles. The summed E-state index contributed by atoms with van der Waals surface area (Å²) >= 11 is 1.45. The molecule has 0 aromatic carbocycles. The highest BCUT2D eigenvalue weighted by molar-refractivity contribution is 7.09. The van der Waals surface area contributed by atoms with E-state index in [1.165, 1.54) is 11.3 Å². The quantitative estimate of drug-likeness (QED) is 0.810. The first-order valence-electron chi connectivity index (χ1n) is 4.25. The highest BCUT2D eigenvalue weighted by Crippen LogP contribution is 2.26. The van der Waals surface area contributed by atoms with Crippen LogP contribution in [0.3, 0.4) is 0 Å². The number of aliphatic hydroxyl groups excluding tert-OH is 1. The topological polar surface area (TPSA) is 50.9 Å². The minimum atomic E-state index is -0.664. The fourth-order valence-electron chi connectivity index (χ4n) is 1.33. The average Bonchev–Trinajstić information content (AvgIpc) is 2.73. The van der Waals surface area contributed by atoms with Crippen LogP contribution in [-0.2, 0) is 7.05 Å². The van der Waals surface area contributed by atoms with E-state index < -0.39 is 6.10 Å². The van der Waals surface area contributed by atoms with Crippen LogP contribution in [0.2, 0.25) is 0 Å². The van der Waals surface area contributed by atoms with Crippen LogP contribution in [0.25, 0.3) is 0 Å². The molecule has 0 spiro atoms. The van der Waals surface area contributed by atoms with Crippen molar-refractivity contribution in [3.63, 3.8) is 0 Å². The van der Waals surface area contributed by atoms with E-state index in [1.807, 2.05) is 24.7 Å². The zero-order valence-corrected chi connectivity index (χ0v) is 8.82. The van der Waals surface area contributed by atoms with Crippen LogP contribution >= 0.6 is 11.3 Å². The summed E-state index contributed by atoms with van der Waals surface area (Å²) in [7, 11) is 1.86. The molecule has 0 bridgehead atoms. The minimum Gasteiger partial charge on any atom is -0.379 e. The van der Waals surface area contributed by atoms with Gasteiger partial charge in [0.1, 0.15) is 11.9 Å². The van der Waals surface area contributed by atoms with Gasteiger partial charge in [0.2, 0.25) is 0 Å². The second-order valence-electron chi connectivity index (χ2n) is 3.10. The molecule has 2 rings (SSSR count). The first kappa shape index (κ1) is 9.36. The maximum Gasteiger partial charge on any atom is 0.148 e. The molecule has 0 amide bonds. The van der Waals surface area contributed by atoms with Crippen LogP contribution in [-0.4, -0.2) is 19.6 Å². The van der Waals surface area contributed by atoms with Gasteiger partial charge >= 0.3 is 0 Å². The van der Waals surface area contributed by atoms with Crippen molar-refractivity contribution in [1.29, 1.82) is 0 Å². The van der Waals surface area contributed by atoms with Gasteiger partial charge in [0.15, 0.2) is 0 Å². The van der Waals surface area contributed by atoms with Crippen molar-refractivity contribution in [2.75, 3.05) is 0 Å². The molecular weight excluding hydrogens is 198 g/mol. The Morgan fingerprint density at radius 2 is 2.29 bits per heavy atom. The maximum atomic E-state index is 10.0. The first-order valence-corrected chi connectivity index (χ1v) is 5.13. The van der Waals surface area contributed by atoms with Gasteiger partial charge < -0.3 is 9.67 Å². The summed E-state index contributed by atoms with van der Waals surface area (Å²) in [4.78, 5) is 9.06. The van der Waals surface area contributed by atoms with Crippen molar-refractivity contribution in [2.45, 2.75) is 13.0 Å². The standard InChI is InChI=1S/C9H11N3OS/c1-6-8(14-5-11-6)7(13)9-10-3-4-12(9)2/h3-5,7,13H,1-2H3. The van der Waals surface area contributed by atoms with E-state index >= 15 is 0 Å². The number of aromatic nitrogens is 3. The zero-order chi connectivity index (χ0) is 10.1. The Morgan fingerprint density at radius 3 is 2.79 bits per heavy atom. The Morgan fingerprint density at radius 1 is 1.50 bits per heavy atom. The molecule has 14 heavy (non-hydrogen) atoms. The predicted octanol–water partition coefficient (Wildman–Crippen LogP) is 1.27. The second-order valence-corrected chi connectivity index (χ2v) is 3.99. The largest absolute Gasteiger partial charge is 0.379 e. The third-order valence-electron chi connectivity index (χ3n) is 2.13. The first-order chi connectivity index (χ1) is 6.70. The molecule has 0 radical (unpaired) electrons. The molecule has 1 N–H and O–H groups in total. The van der Waals surface area contributed by atoms with Gasteiger partial charge in [-0.3, -0.25) is 0 Å². The van der Waals surface area contributed by atoms with E-state index in [0.29, 0.717) is 5.82 Å². The molecule has 2 heterocycles. The third kappa shape index (κ3) is 1.44. The lowest BCUT2D eigenvalue weighted by atomic mass is 10.2. The molecule has 0 saturated heterocycles. The summed E-state index contributed by atoms with van der Waals surface area (Å²) in [6.45, 7) is 1.89. The molecule has 4 nitrogen and oxygen atoms in total. The highest BCUT2D eigenvalue weighted by atomic mass is 32.1. The molecule has 2 aromatic rings. The fraction of sp³-hybridized carbons (Fsp3) is 0.333. The number of rotatable bonds is 2. The summed E-state index contributed by atoms with van der Waals surface area (Å²) in [5.74, 6) is 0.650. The lowest BCUT2D eigenvalue weighted by molar-refractivity contribution is 0.209. The number of aliphatic hydroxyl groups is 1. The van der Waals surface area contributed by atoms with Gasteiger partial charge in [-0.2, -0.15) is 0 Å². The van der Waals surface area contributed by atoms with Gasteiger partial charge in [-0.25, -0.2) is 9.97 Å². The van der Waals surface area contributed by atoms with Crippen molar-refractivity contribution < 1.29 is 5.11 Å². The SMILES string of the molecule is Cc1ncsc1C(O)c1nccn1C. The summed E-state index contributed by atoms with van der Waals surface area (Å²) in [6.07, 6.45) is 2.83. The van der Waals surface area contributed by atoms with Gasteiger partial charge in [0.25, 0.3) is 0 Å². The van der Waals surface area contributed by atoms with Crippen molar-refractivity contribution in [1.82, 2.24) is 14.5 Å². The van der Waals surface area contributed by atoms with Crippen molar-refractivity contribution in [3.05, 3.63) is 34.3 Å². The van der Waals surface area contributed by atoms with E-state index in [-0.39, 0.29) is 0 Å². The lowest BCUT2D eigenvalue weighted by Crippen LogP contribution is -2.06. The highest BCUT2D eigenvalue weighted by Gasteiger charge is 2.18. The predicted molar refractivity (Wildman–Crippen MR) is 54.1 cm³/mol. The van der Waals surface area contributed by atoms with Crippen molar-refractivity contribution in [2.24, 2.45) is 7.05 Å². The smallest absolute Gasteiger partial charge is 0.148 e. The van der Waals surface area contributed by atoms with Gasteiger partial charge in [0.05, 0.1) is 16.1 Å². The Bertz CT molecular complexity index is 394. The summed E-state index contributed by atoms with van der Waals surface area (Å²) in [5.41, 5.74) is 2.60. The number of hydrogen-bond donors (Lipinski definition) is 1. The van der Waals surface area contributed by atoms with Crippen LogP contribution in [0.5, 0.6) is 0 Å². The summed E-state index contributed by atoms with van der Waals surface area (Å²) < 4.78 is 1.81.